The standard InChI is InChI=1S/C73H90B2/c1-17-19-21-23-51-42-62(72(11,12)13)69(63(43-51)73(14,15)16)75-65-39-37-55(53-30-26-49(4)27-31-53)45-57(65)33-35-59-46-66-58(47-67(59)75)34-32-56-44-54(52-28-24-48(3)25-29-52)36-38-64(56)74(66)68-60(70(5,6)7)40-50(22-20-18-2)41-61(68)71(8,9)10/h24-31,36-47H,17-23,32-35H2,1-16H3. The van der Waals surface area contributed by atoms with Crippen LogP contribution in [-0.4, -0.2) is 13.4 Å². The Hall–Kier alpha value is -5.33. The molecule has 0 bridgehead atoms. The molecular weight excluding hydrogens is 898 g/mol. The molecule has 0 N–H and O–H groups in total. The van der Waals surface area contributed by atoms with Crippen molar-refractivity contribution in [1.82, 2.24) is 0 Å². The minimum absolute atomic E-state index is 0.0605. The molecule has 0 radical (unpaired) electrons. The molecule has 0 unspecified atom stereocenters. The number of hydrogen-bond acceptors (Lipinski definition) is 0. The largest absolute Gasteiger partial charge is 0.242 e. The highest BCUT2D eigenvalue weighted by molar-refractivity contribution is 6.98. The van der Waals surface area contributed by atoms with Crippen LogP contribution in [0.3, 0.4) is 0 Å². The van der Waals surface area contributed by atoms with Crippen molar-refractivity contribution in [3.63, 3.8) is 0 Å². The smallest absolute Gasteiger partial charge is 0.0661 e. The lowest BCUT2D eigenvalue weighted by atomic mass is 9.31. The summed E-state index contributed by atoms with van der Waals surface area (Å²) in [6.07, 6.45) is 12.4. The molecule has 2 heteroatoms. The first-order chi connectivity index (χ1) is 35.4. The molecule has 75 heavy (non-hydrogen) atoms. The van der Waals surface area contributed by atoms with Crippen LogP contribution in [0.2, 0.25) is 0 Å². The molecule has 0 saturated heterocycles. The minimum Gasteiger partial charge on any atom is -0.0661 e. The van der Waals surface area contributed by atoms with Crippen molar-refractivity contribution >= 4 is 46.2 Å². The lowest BCUT2D eigenvalue weighted by Gasteiger charge is -2.36. The highest BCUT2D eigenvalue weighted by Crippen LogP contribution is 2.35. The molecule has 0 atom stereocenters. The predicted molar refractivity (Wildman–Crippen MR) is 333 cm³/mol. The predicted octanol–water partition coefficient (Wildman–Crippen LogP) is 15.1. The molecular formula is C73H90B2. The fraction of sp³-hybridized carbons (Fsp3) is 0.425. The topological polar surface area (TPSA) is 0 Å². The lowest BCUT2D eigenvalue weighted by Crippen LogP contribution is -2.60. The van der Waals surface area contributed by atoms with Crippen molar-refractivity contribution in [3.05, 3.63) is 188 Å². The second-order valence-corrected chi connectivity index (χ2v) is 27.4. The molecule has 9 rings (SSSR count). The van der Waals surface area contributed by atoms with Crippen LogP contribution in [0.4, 0.5) is 0 Å². The third-order valence-electron chi connectivity index (χ3n) is 17.2. The highest BCUT2D eigenvalue weighted by Gasteiger charge is 2.42. The molecule has 0 nitrogen and oxygen atoms in total. The third kappa shape index (κ3) is 11.4. The van der Waals surface area contributed by atoms with Crippen LogP contribution in [0, 0.1) is 13.8 Å². The maximum absolute atomic E-state index is 2.79. The summed E-state index contributed by atoms with van der Waals surface area (Å²) in [5.41, 5.74) is 31.8. The van der Waals surface area contributed by atoms with E-state index in [1.54, 1.807) is 10.9 Å². The van der Waals surface area contributed by atoms with Gasteiger partial charge in [0.15, 0.2) is 0 Å². The van der Waals surface area contributed by atoms with Crippen molar-refractivity contribution in [2.45, 2.75) is 203 Å². The van der Waals surface area contributed by atoms with Gasteiger partial charge in [0.25, 0.3) is 0 Å². The van der Waals surface area contributed by atoms with E-state index in [2.05, 4.69) is 232 Å². The lowest BCUT2D eigenvalue weighted by molar-refractivity contribution is 0.572. The van der Waals surface area contributed by atoms with E-state index in [-0.39, 0.29) is 35.1 Å². The van der Waals surface area contributed by atoms with Gasteiger partial charge < -0.3 is 0 Å². The number of fused-ring (bicyclic) bond motifs is 4. The minimum atomic E-state index is -0.0613. The molecule has 2 heterocycles. The maximum atomic E-state index is 2.79. The van der Waals surface area contributed by atoms with Gasteiger partial charge in [0.05, 0.1) is 0 Å². The average Bonchev–Trinajstić information content (AvgIpc) is 3.60. The zero-order valence-electron chi connectivity index (χ0n) is 49.5. The first-order valence-corrected chi connectivity index (χ1v) is 29.4. The Balaban J connectivity index is 1.36. The van der Waals surface area contributed by atoms with Crippen LogP contribution in [0.1, 0.15) is 196 Å². The number of unbranched alkanes of at least 4 members (excludes halogenated alkanes) is 3. The van der Waals surface area contributed by atoms with Crippen molar-refractivity contribution in [2.75, 3.05) is 0 Å². The van der Waals surface area contributed by atoms with E-state index in [4.69, 9.17) is 0 Å². The van der Waals surface area contributed by atoms with Crippen molar-refractivity contribution < 1.29 is 0 Å². The molecule has 2 aliphatic heterocycles. The fourth-order valence-corrected chi connectivity index (χ4v) is 13.0. The number of rotatable bonds is 11. The summed E-state index contributed by atoms with van der Waals surface area (Å²) >= 11 is 0. The fourth-order valence-electron chi connectivity index (χ4n) is 13.0. The second kappa shape index (κ2) is 21.2. The molecule has 2 aliphatic rings. The zero-order valence-corrected chi connectivity index (χ0v) is 49.5. The van der Waals surface area contributed by atoms with E-state index in [1.165, 1.54) is 143 Å². The summed E-state index contributed by atoms with van der Waals surface area (Å²) < 4.78 is 0. The molecule has 0 saturated carbocycles. The number of hydrogen-bond donors (Lipinski definition) is 0. The van der Waals surface area contributed by atoms with Gasteiger partial charge in [-0.3, -0.25) is 0 Å². The monoisotopic (exact) mass is 989 g/mol. The van der Waals surface area contributed by atoms with Crippen molar-refractivity contribution in [3.8, 4) is 22.3 Å². The summed E-state index contributed by atoms with van der Waals surface area (Å²) in [7, 11) is 0. The summed E-state index contributed by atoms with van der Waals surface area (Å²) in [6, 6.07) is 49.7. The molecule has 388 valence electrons. The van der Waals surface area contributed by atoms with Crippen LogP contribution >= 0.6 is 0 Å². The molecule has 0 spiro atoms. The van der Waals surface area contributed by atoms with Gasteiger partial charge in [-0.2, -0.15) is 0 Å². The van der Waals surface area contributed by atoms with E-state index >= 15 is 0 Å². The van der Waals surface area contributed by atoms with E-state index < -0.39 is 0 Å². The Bertz CT molecular complexity index is 3120. The van der Waals surface area contributed by atoms with Gasteiger partial charge in [0.2, 0.25) is 13.4 Å². The van der Waals surface area contributed by atoms with E-state index in [9.17, 15) is 0 Å². The van der Waals surface area contributed by atoms with Crippen LogP contribution in [0.5, 0.6) is 0 Å². The summed E-state index contributed by atoms with van der Waals surface area (Å²) in [6.45, 7) is 38.9. The SMILES string of the molecule is CCCCCc1cc(C(C)(C)C)c(B2c3ccc(-c4ccc(C)cc4)cc3CCc3cc4c(cc32)CCc2cc(-c3ccc(C)cc3)ccc2B4c2c(C(C)(C)C)cc(CCCC)cc2C(C)(C)C)c(C(C)(C)C)c1. The van der Waals surface area contributed by atoms with Crippen LogP contribution in [-0.2, 0) is 60.2 Å². The number of benzene rings is 7. The van der Waals surface area contributed by atoms with Gasteiger partial charge in [-0.1, -0.05) is 304 Å². The van der Waals surface area contributed by atoms with Crippen molar-refractivity contribution in [1.29, 1.82) is 0 Å². The maximum Gasteiger partial charge on any atom is 0.242 e. The Labute approximate surface area is 457 Å². The molecule has 0 aromatic heterocycles. The van der Waals surface area contributed by atoms with Gasteiger partial charge in [-0.25, -0.2) is 0 Å². The Kier molecular flexibility index (Phi) is 15.4. The number of aryl methyl sites for hydroxylation is 8. The normalized spacial score (nSPS) is 14.0. The van der Waals surface area contributed by atoms with E-state index in [0.29, 0.717) is 0 Å². The quantitative estimate of drug-likeness (QED) is 0.0895. The van der Waals surface area contributed by atoms with Gasteiger partial charge in [0, 0.05) is 0 Å². The molecule has 0 aliphatic carbocycles. The van der Waals surface area contributed by atoms with Crippen LogP contribution in [0.15, 0.2) is 121 Å². The first-order valence-electron chi connectivity index (χ1n) is 29.4. The molecule has 7 aromatic rings. The van der Waals surface area contributed by atoms with Gasteiger partial charge in [-0.05, 0) is 143 Å². The van der Waals surface area contributed by atoms with E-state index in [0.717, 1.165) is 38.5 Å². The second-order valence-electron chi connectivity index (χ2n) is 27.4. The van der Waals surface area contributed by atoms with Crippen molar-refractivity contribution in [2.24, 2.45) is 0 Å². The summed E-state index contributed by atoms with van der Waals surface area (Å²) in [4.78, 5) is 0. The van der Waals surface area contributed by atoms with Gasteiger partial charge >= 0.3 is 0 Å². The summed E-state index contributed by atoms with van der Waals surface area (Å²) in [5, 5.41) is 0. The van der Waals surface area contributed by atoms with E-state index in [1.807, 2.05) is 0 Å². The molecule has 0 amide bonds. The first kappa shape index (κ1) is 54.5. The third-order valence-corrected chi connectivity index (χ3v) is 17.2. The zero-order chi connectivity index (χ0) is 53.8. The Morgan fingerprint density at radius 1 is 0.333 bits per heavy atom. The van der Waals surface area contributed by atoms with Crippen LogP contribution in [0.25, 0.3) is 22.3 Å². The Morgan fingerprint density at radius 2 is 0.640 bits per heavy atom. The van der Waals surface area contributed by atoms with Gasteiger partial charge in [-0.15, -0.1) is 0 Å². The Morgan fingerprint density at radius 3 is 0.960 bits per heavy atom. The average molecular weight is 989 g/mol. The molecule has 0 fully saturated rings. The van der Waals surface area contributed by atoms with Gasteiger partial charge in [0.1, 0.15) is 0 Å². The molecule has 7 aromatic carbocycles. The highest BCUT2D eigenvalue weighted by atomic mass is 14.3. The summed E-state index contributed by atoms with van der Waals surface area (Å²) in [5.74, 6) is 0. The van der Waals surface area contributed by atoms with Crippen LogP contribution < -0.4 is 32.8 Å².